The van der Waals surface area contributed by atoms with Crippen molar-refractivity contribution in [1.82, 2.24) is 10.3 Å². The van der Waals surface area contributed by atoms with Gasteiger partial charge in [-0.3, -0.25) is 0 Å². The number of aromatic nitrogens is 1. The Labute approximate surface area is 103 Å². The number of hydrogen-bond acceptors (Lipinski definition) is 3. The maximum atomic E-state index is 4.35. The summed E-state index contributed by atoms with van der Waals surface area (Å²) in [6, 6.07) is 4.78. The minimum Gasteiger partial charge on any atom is -0.313 e. The molecule has 1 fully saturated rings. The number of nitrogens with one attached hydrogen (secondary N) is 1. The fraction of sp³-hybridized carbons (Fsp3) is 0.545. The lowest BCUT2D eigenvalue weighted by atomic mass is 10.4. The molecule has 1 aromatic rings. The first-order valence-corrected chi connectivity index (χ1v) is 6.93. The zero-order valence-electron chi connectivity index (χ0n) is 8.74. The molecule has 0 aliphatic heterocycles. The third-order valence-electron chi connectivity index (χ3n) is 2.31. The topological polar surface area (TPSA) is 24.9 Å². The van der Waals surface area contributed by atoms with Crippen molar-refractivity contribution in [3.05, 3.63) is 22.8 Å². The van der Waals surface area contributed by atoms with E-state index in [2.05, 4.69) is 33.2 Å². The van der Waals surface area contributed by atoms with Crippen LogP contribution >= 0.6 is 27.7 Å². The molecule has 1 saturated carbocycles. The number of halogens is 1. The van der Waals surface area contributed by atoms with E-state index in [1.807, 2.05) is 30.1 Å². The number of nitrogens with zero attached hydrogens (tertiary/aromatic N) is 1. The Kier molecular flexibility index (Phi) is 4.05. The predicted molar refractivity (Wildman–Crippen MR) is 68.3 cm³/mol. The average molecular weight is 287 g/mol. The fourth-order valence-electron chi connectivity index (χ4n) is 1.31. The summed E-state index contributed by atoms with van der Waals surface area (Å²) < 4.78 is 1.09. The highest BCUT2D eigenvalue weighted by Gasteiger charge is 2.21. The van der Waals surface area contributed by atoms with E-state index < -0.39 is 0 Å². The van der Waals surface area contributed by atoms with Gasteiger partial charge in [0.15, 0.2) is 0 Å². The second-order valence-electron chi connectivity index (χ2n) is 3.90. The largest absolute Gasteiger partial charge is 0.313 e. The second-order valence-corrected chi connectivity index (χ2v) is 6.18. The van der Waals surface area contributed by atoms with Gasteiger partial charge < -0.3 is 5.32 Å². The van der Waals surface area contributed by atoms with Crippen molar-refractivity contribution >= 4 is 27.7 Å². The molecule has 0 aromatic carbocycles. The van der Waals surface area contributed by atoms with Crippen LogP contribution in [-0.2, 0) is 0 Å². The first-order valence-electron chi connectivity index (χ1n) is 5.26. The SMILES string of the molecule is CC(CNC1CC1)Sc1ncccc1Br. The Balaban J connectivity index is 1.81. The minimum absolute atomic E-state index is 0.566. The minimum atomic E-state index is 0.566. The smallest absolute Gasteiger partial charge is 0.110 e. The van der Waals surface area contributed by atoms with Crippen molar-refractivity contribution in [3.8, 4) is 0 Å². The predicted octanol–water partition coefficient (Wildman–Crippen LogP) is 3.08. The van der Waals surface area contributed by atoms with Crippen molar-refractivity contribution in [3.63, 3.8) is 0 Å². The summed E-state index contributed by atoms with van der Waals surface area (Å²) in [4.78, 5) is 4.35. The quantitative estimate of drug-likeness (QED) is 0.842. The zero-order valence-corrected chi connectivity index (χ0v) is 11.1. The Morgan fingerprint density at radius 3 is 3.13 bits per heavy atom. The number of rotatable bonds is 5. The van der Waals surface area contributed by atoms with E-state index in [4.69, 9.17) is 0 Å². The number of thioether (sulfide) groups is 1. The van der Waals surface area contributed by atoms with Crippen LogP contribution in [0.15, 0.2) is 27.8 Å². The zero-order chi connectivity index (χ0) is 10.7. The molecule has 0 spiro atoms. The highest BCUT2D eigenvalue weighted by atomic mass is 79.9. The van der Waals surface area contributed by atoms with Gasteiger partial charge in [0, 0.05) is 28.5 Å². The third kappa shape index (κ3) is 3.78. The Morgan fingerprint density at radius 1 is 1.67 bits per heavy atom. The van der Waals surface area contributed by atoms with Crippen LogP contribution in [0.5, 0.6) is 0 Å². The lowest BCUT2D eigenvalue weighted by Gasteiger charge is -2.11. The maximum absolute atomic E-state index is 4.35. The molecule has 1 atom stereocenters. The third-order valence-corrected chi connectivity index (χ3v) is 4.33. The van der Waals surface area contributed by atoms with E-state index in [1.165, 1.54) is 12.8 Å². The van der Waals surface area contributed by atoms with Gasteiger partial charge in [0.1, 0.15) is 5.03 Å². The van der Waals surface area contributed by atoms with Crippen LogP contribution in [0.3, 0.4) is 0 Å². The van der Waals surface area contributed by atoms with Gasteiger partial charge in [-0.25, -0.2) is 4.98 Å². The normalized spacial score (nSPS) is 17.7. The van der Waals surface area contributed by atoms with Crippen LogP contribution in [0.1, 0.15) is 19.8 Å². The first kappa shape index (κ1) is 11.4. The lowest BCUT2D eigenvalue weighted by Crippen LogP contribution is -2.24. The molecule has 0 radical (unpaired) electrons. The lowest BCUT2D eigenvalue weighted by molar-refractivity contribution is 0.678. The van der Waals surface area contributed by atoms with Crippen LogP contribution in [0.25, 0.3) is 0 Å². The fourth-order valence-corrected chi connectivity index (χ4v) is 2.71. The maximum Gasteiger partial charge on any atom is 0.110 e. The molecule has 1 heterocycles. The number of hydrogen-bond donors (Lipinski definition) is 1. The Morgan fingerprint density at radius 2 is 2.47 bits per heavy atom. The molecular weight excluding hydrogens is 272 g/mol. The van der Waals surface area contributed by atoms with E-state index in [0.717, 1.165) is 22.1 Å². The van der Waals surface area contributed by atoms with Gasteiger partial charge in [-0.2, -0.15) is 0 Å². The average Bonchev–Trinajstić information content (AvgIpc) is 3.02. The van der Waals surface area contributed by atoms with Crippen molar-refractivity contribution in [1.29, 1.82) is 0 Å². The molecule has 2 rings (SSSR count). The van der Waals surface area contributed by atoms with Crippen LogP contribution in [0.2, 0.25) is 0 Å². The monoisotopic (exact) mass is 286 g/mol. The molecule has 1 aliphatic rings. The summed E-state index contributed by atoms with van der Waals surface area (Å²) in [7, 11) is 0. The standard InChI is InChI=1S/C11H15BrN2S/c1-8(7-14-9-4-5-9)15-11-10(12)3-2-6-13-11/h2-3,6,8-9,14H,4-5,7H2,1H3. The van der Waals surface area contributed by atoms with Gasteiger partial charge >= 0.3 is 0 Å². The molecule has 1 aromatic heterocycles. The van der Waals surface area contributed by atoms with Crippen LogP contribution in [0.4, 0.5) is 0 Å². The summed E-state index contributed by atoms with van der Waals surface area (Å²) in [5.41, 5.74) is 0. The highest BCUT2D eigenvalue weighted by molar-refractivity contribution is 9.10. The van der Waals surface area contributed by atoms with Crippen molar-refractivity contribution in [2.45, 2.75) is 36.1 Å². The van der Waals surface area contributed by atoms with Gasteiger partial charge in [0.2, 0.25) is 0 Å². The van der Waals surface area contributed by atoms with Crippen molar-refractivity contribution in [2.75, 3.05) is 6.54 Å². The summed E-state index contributed by atoms with van der Waals surface area (Å²) in [5, 5.41) is 5.18. The van der Waals surface area contributed by atoms with E-state index in [-0.39, 0.29) is 0 Å². The van der Waals surface area contributed by atoms with Gasteiger partial charge in [-0.1, -0.05) is 6.92 Å². The molecule has 82 valence electrons. The van der Waals surface area contributed by atoms with Gasteiger partial charge in [-0.05, 0) is 40.9 Å². The van der Waals surface area contributed by atoms with E-state index in [9.17, 15) is 0 Å². The molecule has 15 heavy (non-hydrogen) atoms. The molecule has 4 heteroatoms. The molecular formula is C11H15BrN2S. The summed E-state index contributed by atoms with van der Waals surface area (Å²) in [6.07, 6.45) is 4.55. The summed E-state index contributed by atoms with van der Waals surface area (Å²) in [5.74, 6) is 0. The molecule has 0 bridgehead atoms. The van der Waals surface area contributed by atoms with Gasteiger partial charge in [-0.15, -0.1) is 11.8 Å². The summed E-state index contributed by atoms with van der Waals surface area (Å²) in [6.45, 7) is 3.31. The van der Waals surface area contributed by atoms with Crippen LogP contribution < -0.4 is 5.32 Å². The molecule has 1 aliphatic carbocycles. The molecule has 2 nitrogen and oxygen atoms in total. The summed E-state index contributed by atoms with van der Waals surface area (Å²) >= 11 is 5.33. The molecule has 0 amide bonds. The van der Waals surface area contributed by atoms with Gasteiger partial charge in [0.05, 0.1) is 0 Å². The Hall–Kier alpha value is -0.0600. The van der Waals surface area contributed by atoms with E-state index in [0.29, 0.717) is 5.25 Å². The highest BCUT2D eigenvalue weighted by Crippen LogP contribution is 2.28. The Bertz CT molecular complexity index is 328. The molecule has 0 saturated heterocycles. The van der Waals surface area contributed by atoms with Gasteiger partial charge in [0.25, 0.3) is 0 Å². The van der Waals surface area contributed by atoms with Crippen molar-refractivity contribution in [2.24, 2.45) is 0 Å². The second kappa shape index (κ2) is 5.32. The van der Waals surface area contributed by atoms with Crippen LogP contribution in [0, 0.1) is 0 Å². The molecule has 1 unspecified atom stereocenters. The van der Waals surface area contributed by atoms with E-state index >= 15 is 0 Å². The molecule has 1 N–H and O–H groups in total. The van der Waals surface area contributed by atoms with E-state index in [1.54, 1.807) is 0 Å². The number of pyridine rings is 1. The van der Waals surface area contributed by atoms with Crippen LogP contribution in [-0.4, -0.2) is 22.8 Å². The van der Waals surface area contributed by atoms with Crippen molar-refractivity contribution < 1.29 is 0 Å². The first-order chi connectivity index (χ1) is 7.25.